The molecule has 0 aromatic carbocycles. The van der Waals surface area contributed by atoms with Gasteiger partial charge in [0.05, 0.1) is 12.2 Å². The molecule has 0 amide bonds. The average molecular weight is 314 g/mol. The summed E-state index contributed by atoms with van der Waals surface area (Å²) in [5.74, 6) is -1.04. The Bertz CT molecular complexity index is 363. The summed E-state index contributed by atoms with van der Waals surface area (Å²) in [6.07, 6.45) is 0.779. The predicted octanol–water partition coefficient (Wildman–Crippen LogP) is 1.51. The van der Waals surface area contributed by atoms with Gasteiger partial charge in [0.2, 0.25) is 0 Å². The lowest BCUT2D eigenvalue weighted by atomic mass is 10.1. The van der Waals surface area contributed by atoms with E-state index in [2.05, 4.69) is 13.2 Å². The second kappa shape index (κ2) is 11.0. The summed E-state index contributed by atoms with van der Waals surface area (Å²) in [5.41, 5.74) is 0.583. The number of esters is 2. The zero-order valence-corrected chi connectivity index (χ0v) is 13.3. The normalized spacial score (nSPS) is 13.1. The van der Waals surface area contributed by atoms with Gasteiger partial charge in [-0.2, -0.15) is 0 Å². The highest BCUT2D eigenvalue weighted by Crippen LogP contribution is 2.08. The van der Waals surface area contributed by atoms with Gasteiger partial charge in [0.25, 0.3) is 0 Å². The van der Waals surface area contributed by atoms with E-state index >= 15 is 0 Å². The van der Waals surface area contributed by atoms with Gasteiger partial charge in [-0.15, -0.1) is 0 Å². The van der Waals surface area contributed by atoms with Crippen molar-refractivity contribution in [1.29, 1.82) is 0 Å². The van der Waals surface area contributed by atoms with E-state index in [1.54, 1.807) is 0 Å². The van der Waals surface area contributed by atoms with Crippen LogP contribution in [0.2, 0.25) is 0 Å². The third-order valence-electron chi connectivity index (χ3n) is 2.84. The van der Waals surface area contributed by atoms with Gasteiger partial charge in [-0.25, -0.2) is 9.59 Å². The Labute approximate surface area is 131 Å². The molecule has 6 heteroatoms. The Morgan fingerprint density at radius 3 is 1.45 bits per heavy atom. The van der Waals surface area contributed by atoms with Crippen molar-refractivity contribution in [3.8, 4) is 0 Å². The van der Waals surface area contributed by atoms with Crippen molar-refractivity contribution < 1.29 is 29.3 Å². The predicted molar refractivity (Wildman–Crippen MR) is 82.0 cm³/mol. The maximum Gasteiger partial charge on any atom is 0.333 e. The molecule has 0 rings (SSSR count). The molecule has 0 saturated carbocycles. The van der Waals surface area contributed by atoms with Crippen molar-refractivity contribution in [1.82, 2.24) is 0 Å². The molecule has 0 aliphatic rings. The Morgan fingerprint density at radius 1 is 0.864 bits per heavy atom. The zero-order chi connectivity index (χ0) is 17.1. The van der Waals surface area contributed by atoms with Crippen LogP contribution in [0.25, 0.3) is 0 Å². The molecule has 0 aliphatic carbocycles. The van der Waals surface area contributed by atoms with Gasteiger partial charge in [0.15, 0.2) is 0 Å². The second-order valence-electron chi connectivity index (χ2n) is 5.35. The average Bonchev–Trinajstić information content (AvgIpc) is 2.46. The third-order valence-corrected chi connectivity index (χ3v) is 2.84. The summed E-state index contributed by atoms with van der Waals surface area (Å²) >= 11 is 0. The van der Waals surface area contributed by atoms with Crippen LogP contribution in [0.1, 0.15) is 39.5 Å². The molecule has 2 N–H and O–H groups in total. The summed E-state index contributed by atoms with van der Waals surface area (Å²) in [5, 5.41) is 19.3. The topological polar surface area (TPSA) is 93.1 Å². The molecule has 0 heterocycles. The lowest BCUT2D eigenvalue weighted by Gasteiger charge is -2.13. The van der Waals surface area contributed by atoms with E-state index in [-0.39, 0.29) is 13.2 Å². The molecule has 0 fully saturated rings. The van der Waals surface area contributed by atoms with Gasteiger partial charge >= 0.3 is 11.9 Å². The number of rotatable bonds is 11. The van der Waals surface area contributed by atoms with Crippen molar-refractivity contribution in [2.24, 2.45) is 0 Å². The van der Waals surface area contributed by atoms with Crippen LogP contribution in [0.4, 0.5) is 0 Å². The molecule has 6 nitrogen and oxygen atoms in total. The molecular weight excluding hydrogens is 288 g/mol. The SMILES string of the molecule is C=C(C)C(=O)OCC(O)CCCCC(O)COC(=O)C(=C)C. The Kier molecular flexibility index (Phi) is 10.2. The zero-order valence-electron chi connectivity index (χ0n) is 13.3. The molecule has 0 aliphatic heterocycles. The van der Waals surface area contributed by atoms with E-state index in [1.807, 2.05) is 0 Å². The van der Waals surface area contributed by atoms with E-state index in [9.17, 15) is 19.8 Å². The van der Waals surface area contributed by atoms with E-state index in [4.69, 9.17) is 9.47 Å². The van der Waals surface area contributed by atoms with Crippen molar-refractivity contribution >= 4 is 11.9 Å². The minimum absolute atomic E-state index is 0.0650. The molecule has 22 heavy (non-hydrogen) atoms. The fourth-order valence-corrected chi connectivity index (χ4v) is 1.52. The minimum atomic E-state index is -0.735. The van der Waals surface area contributed by atoms with Crippen LogP contribution in [-0.4, -0.2) is 47.6 Å². The summed E-state index contributed by atoms with van der Waals surface area (Å²) in [6.45, 7) is 9.83. The molecule has 0 spiro atoms. The number of hydrogen-bond donors (Lipinski definition) is 2. The number of hydrogen-bond acceptors (Lipinski definition) is 6. The molecule has 2 atom stereocenters. The highest BCUT2D eigenvalue weighted by atomic mass is 16.5. The second-order valence-corrected chi connectivity index (χ2v) is 5.35. The first-order valence-corrected chi connectivity index (χ1v) is 7.25. The van der Waals surface area contributed by atoms with Crippen molar-refractivity contribution in [2.75, 3.05) is 13.2 Å². The van der Waals surface area contributed by atoms with Crippen LogP contribution in [0, 0.1) is 0 Å². The molecule has 126 valence electrons. The maximum atomic E-state index is 11.1. The quantitative estimate of drug-likeness (QED) is 0.341. The molecule has 0 radical (unpaired) electrons. The first kappa shape index (κ1) is 20.3. The van der Waals surface area contributed by atoms with Gasteiger partial charge in [-0.05, 0) is 26.7 Å². The minimum Gasteiger partial charge on any atom is -0.460 e. The smallest absolute Gasteiger partial charge is 0.333 e. The van der Waals surface area contributed by atoms with Gasteiger partial charge in [-0.1, -0.05) is 26.0 Å². The molecule has 0 aromatic rings. The number of carbonyl (C=O) groups is 2. The van der Waals surface area contributed by atoms with Crippen molar-refractivity contribution in [2.45, 2.75) is 51.7 Å². The van der Waals surface area contributed by atoms with E-state index in [1.165, 1.54) is 13.8 Å². The summed E-state index contributed by atoms with van der Waals surface area (Å²) in [7, 11) is 0. The Hall–Kier alpha value is -1.66. The van der Waals surface area contributed by atoms with Crippen molar-refractivity contribution in [3.05, 3.63) is 24.3 Å². The van der Waals surface area contributed by atoms with Crippen LogP contribution in [-0.2, 0) is 19.1 Å². The van der Waals surface area contributed by atoms with Crippen LogP contribution in [0.3, 0.4) is 0 Å². The fourth-order valence-electron chi connectivity index (χ4n) is 1.52. The van der Waals surface area contributed by atoms with E-state index < -0.39 is 24.1 Å². The third kappa shape index (κ3) is 10.1. The molecular formula is C16H26O6. The number of unbranched alkanes of at least 4 members (excludes halogenated alkanes) is 1. The molecule has 0 aromatic heterocycles. The van der Waals surface area contributed by atoms with Crippen LogP contribution >= 0.6 is 0 Å². The van der Waals surface area contributed by atoms with Gasteiger partial charge in [0.1, 0.15) is 13.2 Å². The number of aliphatic hydroxyl groups excluding tert-OH is 2. The van der Waals surface area contributed by atoms with E-state index in [0.29, 0.717) is 36.8 Å². The Balaban J connectivity index is 3.66. The lowest BCUT2D eigenvalue weighted by Crippen LogP contribution is -2.20. The maximum absolute atomic E-state index is 11.1. The summed E-state index contributed by atoms with van der Waals surface area (Å²) in [6, 6.07) is 0. The summed E-state index contributed by atoms with van der Waals surface area (Å²) < 4.78 is 9.65. The highest BCUT2D eigenvalue weighted by molar-refractivity contribution is 5.87. The van der Waals surface area contributed by atoms with E-state index in [0.717, 1.165) is 0 Å². The first-order chi connectivity index (χ1) is 10.2. The van der Waals surface area contributed by atoms with Crippen LogP contribution in [0.15, 0.2) is 24.3 Å². The lowest BCUT2D eigenvalue weighted by molar-refractivity contribution is -0.143. The fraction of sp³-hybridized carbons (Fsp3) is 0.625. The van der Waals surface area contributed by atoms with Crippen LogP contribution < -0.4 is 0 Å². The standard InChI is InChI=1S/C16H26O6/c1-11(2)15(19)21-9-13(17)7-5-6-8-14(18)10-22-16(20)12(3)4/h13-14,17-18H,1,3,5-10H2,2,4H3. The van der Waals surface area contributed by atoms with Gasteiger partial charge < -0.3 is 19.7 Å². The summed E-state index contributed by atoms with van der Waals surface area (Å²) in [4.78, 5) is 22.3. The highest BCUT2D eigenvalue weighted by Gasteiger charge is 2.11. The first-order valence-electron chi connectivity index (χ1n) is 7.25. The number of carbonyl (C=O) groups excluding carboxylic acids is 2. The van der Waals surface area contributed by atoms with Crippen LogP contribution in [0.5, 0.6) is 0 Å². The molecule has 2 unspecified atom stereocenters. The van der Waals surface area contributed by atoms with Gasteiger partial charge in [-0.3, -0.25) is 0 Å². The molecule has 0 saturated heterocycles. The molecule has 0 bridgehead atoms. The number of aliphatic hydroxyl groups is 2. The Morgan fingerprint density at radius 2 is 1.18 bits per heavy atom. The van der Waals surface area contributed by atoms with Gasteiger partial charge in [0, 0.05) is 11.1 Å². The largest absolute Gasteiger partial charge is 0.460 e. The number of ether oxygens (including phenoxy) is 2. The van der Waals surface area contributed by atoms with Crippen molar-refractivity contribution in [3.63, 3.8) is 0 Å². The monoisotopic (exact) mass is 314 g/mol.